The molecule has 0 aromatic rings. The van der Waals surface area contributed by atoms with Crippen LogP contribution in [0.25, 0.3) is 0 Å². The molecule has 0 radical (unpaired) electrons. The number of unbranched alkanes of at least 4 members (excludes halogenated alkanes) is 1. The Bertz CT molecular complexity index is 10.0. The fourth-order valence-corrected chi connectivity index (χ4v) is 0. The van der Waals surface area contributed by atoms with Gasteiger partial charge in [-0.3, -0.25) is 0 Å². The molecule has 7 heavy (non-hydrogen) atoms. The van der Waals surface area contributed by atoms with Crippen molar-refractivity contribution in [2.75, 3.05) is 7.11 Å². The summed E-state index contributed by atoms with van der Waals surface area (Å²) in [5.41, 5.74) is 0. The van der Waals surface area contributed by atoms with Crippen molar-refractivity contribution in [1.29, 1.82) is 0 Å². The Kier molecular flexibility index (Phi) is 66.3. The Morgan fingerprint density at radius 2 is 1.57 bits per heavy atom. The molecule has 0 saturated carbocycles. The first kappa shape index (κ1) is 15.6. The van der Waals surface area contributed by atoms with Gasteiger partial charge in [0.2, 0.25) is 0 Å². The minimum absolute atomic E-state index is 0. The van der Waals surface area contributed by atoms with Crippen LogP contribution < -0.4 is 5.11 Å². The Labute approximate surface area is 62.3 Å². The van der Waals surface area contributed by atoms with Gasteiger partial charge in [0.1, 0.15) is 0 Å². The fourth-order valence-electron chi connectivity index (χ4n) is 0. The van der Waals surface area contributed by atoms with Crippen molar-refractivity contribution in [2.24, 2.45) is 0 Å². The molecule has 0 bridgehead atoms. The second-order valence-corrected chi connectivity index (χ2v) is 0.816. The summed E-state index contributed by atoms with van der Waals surface area (Å²) in [7, 11) is 0.750. The minimum Gasteiger partial charge on any atom is -0.857 e. The molecule has 0 aliphatic carbocycles. The first-order valence-electron chi connectivity index (χ1n) is 2.10. The first-order valence-corrected chi connectivity index (χ1v) is 2.10. The molecule has 0 aliphatic rings. The van der Waals surface area contributed by atoms with E-state index in [4.69, 9.17) is 5.11 Å². The Morgan fingerprint density at radius 1 is 1.43 bits per heavy atom. The number of hydrogen-bond donors (Lipinski definition) is 0. The zero-order chi connectivity index (χ0) is 5.41. The van der Waals surface area contributed by atoms with Crippen LogP contribution in [0, 0.1) is 6.42 Å². The normalized spacial score (nSPS) is 5.14. The molecular weight excluding hydrogens is 100 g/mol. The summed E-state index contributed by atoms with van der Waals surface area (Å²) in [6.45, 7) is 4.18. The maximum atomic E-state index is 8.25. The molecule has 0 N–H and O–H groups in total. The summed E-state index contributed by atoms with van der Waals surface area (Å²) in [5.74, 6) is 0. The Morgan fingerprint density at radius 3 is 1.57 bits per heavy atom. The molecule has 0 atom stereocenters. The van der Waals surface area contributed by atoms with Crippen LogP contribution in [0.3, 0.4) is 0 Å². The average molecular weight is 112 g/mol. The van der Waals surface area contributed by atoms with Gasteiger partial charge in [0.25, 0.3) is 0 Å². The number of rotatable bonds is 1. The van der Waals surface area contributed by atoms with Crippen LogP contribution in [-0.4, -0.2) is 30.2 Å². The van der Waals surface area contributed by atoms with Crippen molar-refractivity contribution in [2.45, 2.75) is 20.3 Å². The molecule has 0 saturated heterocycles. The van der Waals surface area contributed by atoms with Crippen LogP contribution in [-0.2, 0) is 0 Å². The zero-order valence-electron chi connectivity index (χ0n) is 5.40. The van der Waals surface area contributed by atoms with Gasteiger partial charge >= 0.3 is 23.1 Å². The van der Waals surface area contributed by atoms with E-state index < -0.39 is 0 Å². The van der Waals surface area contributed by atoms with E-state index in [2.05, 4.69) is 20.3 Å². The first-order chi connectivity index (χ1) is 2.91. The summed E-state index contributed by atoms with van der Waals surface area (Å²) in [5, 5.41) is 8.25. The van der Waals surface area contributed by atoms with Gasteiger partial charge in [-0.2, -0.15) is 20.5 Å². The van der Waals surface area contributed by atoms with Crippen LogP contribution in [0.4, 0.5) is 0 Å². The van der Waals surface area contributed by atoms with Crippen LogP contribution in [0.1, 0.15) is 20.3 Å². The second-order valence-electron chi connectivity index (χ2n) is 0.816. The van der Waals surface area contributed by atoms with Gasteiger partial charge < -0.3 is 11.5 Å². The van der Waals surface area contributed by atoms with E-state index in [0.717, 1.165) is 7.11 Å². The summed E-state index contributed by atoms with van der Waals surface area (Å²) < 4.78 is 0. The summed E-state index contributed by atoms with van der Waals surface area (Å²) in [6, 6.07) is 0. The van der Waals surface area contributed by atoms with E-state index in [1.165, 1.54) is 6.42 Å². The van der Waals surface area contributed by atoms with Crippen LogP contribution in [0.15, 0.2) is 0 Å². The predicted molar refractivity (Wildman–Crippen MR) is 31.9 cm³/mol. The quantitative estimate of drug-likeness (QED) is 0.351. The molecule has 0 amide bonds. The maximum Gasteiger partial charge on any atom is 2.00 e. The van der Waals surface area contributed by atoms with Gasteiger partial charge in [-0.1, -0.05) is 6.92 Å². The molecule has 0 aromatic heterocycles. The van der Waals surface area contributed by atoms with Crippen molar-refractivity contribution in [3.8, 4) is 0 Å². The summed E-state index contributed by atoms with van der Waals surface area (Å²) >= 11 is 0. The van der Waals surface area contributed by atoms with E-state index in [9.17, 15) is 0 Å². The molecule has 0 rings (SSSR count). The minimum atomic E-state index is 0. The van der Waals surface area contributed by atoms with Crippen LogP contribution in [0.5, 0.6) is 0 Å². The van der Waals surface area contributed by atoms with Crippen molar-refractivity contribution in [1.82, 2.24) is 0 Å². The molecule has 0 aromatic carbocycles. The van der Waals surface area contributed by atoms with Gasteiger partial charge in [0.05, 0.1) is 0 Å². The largest absolute Gasteiger partial charge is 2.00 e. The summed E-state index contributed by atoms with van der Waals surface area (Å²) in [6.07, 6.45) is 3.32. The molecular formula is C5H12MgO. The van der Waals surface area contributed by atoms with Gasteiger partial charge in [-0.15, -0.1) is 0 Å². The molecule has 0 spiro atoms. The molecule has 0 aliphatic heterocycles. The van der Waals surface area contributed by atoms with Gasteiger partial charge in [-0.25, -0.2) is 0 Å². The molecule has 40 valence electrons. The second kappa shape index (κ2) is 29.7. The fraction of sp³-hybridized carbons (Fsp3) is 0.800. The zero-order valence-corrected chi connectivity index (χ0v) is 6.81. The van der Waals surface area contributed by atoms with E-state index in [1.807, 2.05) is 0 Å². The maximum absolute atomic E-state index is 8.25. The van der Waals surface area contributed by atoms with Gasteiger partial charge in [0, 0.05) is 0 Å². The van der Waals surface area contributed by atoms with E-state index in [0.29, 0.717) is 0 Å². The smallest absolute Gasteiger partial charge is 0.857 e. The molecule has 1 nitrogen and oxygen atoms in total. The van der Waals surface area contributed by atoms with Crippen LogP contribution in [0.2, 0.25) is 0 Å². The van der Waals surface area contributed by atoms with Crippen molar-refractivity contribution in [3.05, 3.63) is 6.42 Å². The van der Waals surface area contributed by atoms with E-state index in [-0.39, 0.29) is 23.1 Å². The third-order valence-electron chi connectivity index (χ3n) is 0.408. The van der Waals surface area contributed by atoms with Gasteiger partial charge in [-0.05, 0) is 0 Å². The van der Waals surface area contributed by atoms with E-state index >= 15 is 0 Å². The summed E-state index contributed by atoms with van der Waals surface area (Å²) in [4.78, 5) is 0. The third kappa shape index (κ3) is 50.4. The topological polar surface area (TPSA) is 23.1 Å². The van der Waals surface area contributed by atoms with Crippen molar-refractivity contribution < 1.29 is 5.11 Å². The third-order valence-corrected chi connectivity index (χ3v) is 0.408. The van der Waals surface area contributed by atoms with Crippen molar-refractivity contribution in [3.63, 3.8) is 0 Å². The molecule has 2 heteroatoms. The Balaban J connectivity index is -0.0000000480. The van der Waals surface area contributed by atoms with E-state index in [1.54, 1.807) is 0 Å². The van der Waals surface area contributed by atoms with Gasteiger partial charge in [0.15, 0.2) is 0 Å². The molecule has 0 heterocycles. The number of hydrogen-bond acceptors (Lipinski definition) is 1. The standard InChI is InChI=1S/C4H9.CH3O.Mg/c1-3-4-2;1-2;/h3H,4H2,1-2H3;1H3;/q2*-1;+2. The molecule has 0 unspecified atom stereocenters. The van der Waals surface area contributed by atoms with Crippen molar-refractivity contribution >= 4 is 23.1 Å². The average Bonchev–Trinajstić information content (AvgIpc) is 1.72. The monoisotopic (exact) mass is 112 g/mol. The predicted octanol–water partition coefficient (Wildman–Crippen LogP) is 0.216. The van der Waals surface area contributed by atoms with Crippen LogP contribution >= 0.6 is 0 Å². The SMILES string of the molecule is C[CH-]CC.C[O-].[Mg+2]. The Hall–Kier alpha value is 0.726. The molecule has 0 fully saturated rings.